The van der Waals surface area contributed by atoms with Crippen molar-refractivity contribution in [2.75, 3.05) is 39.8 Å². The molecule has 4 nitrogen and oxygen atoms in total. The molecule has 0 aromatic heterocycles. The quantitative estimate of drug-likeness (QED) is 0.807. The van der Waals surface area contributed by atoms with Crippen molar-refractivity contribution < 1.29 is 4.79 Å². The zero-order valence-corrected chi connectivity index (χ0v) is 11.5. The van der Waals surface area contributed by atoms with Crippen LogP contribution >= 0.6 is 0 Å². The van der Waals surface area contributed by atoms with Crippen LogP contribution in [0, 0.1) is 0 Å². The largest absolute Gasteiger partial charge is 0.336 e. The lowest BCUT2D eigenvalue weighted by atomic mass is 9.98. The maximum absolute atomic E-state index is 12.5. The Balaban J connectivity index is 1.76. The van der Waals surface area contributed by atoms with Gasteiger partial charge in [0.25, 0.3) is 5.91 Å². The molecule has 1 N–H and O–H groups in total. The molecule has 1 fully saturated rings. The van der Waals surface area contributed by atoms with Crippen LogP contribution in [0.1, 0.15) is 21.5 Å². The predicted octanol–water partition coefficient (Wildman–Crippen LogP) is 0.720. The number of benzene rings is 1. The van der Waals surface area contributed by atoms with E-state index in [4.69, 9.17) is 0 Å². The molecule has 0 aliphatic carbocycles. The summed E-state index contributed by atoms with van der Waals surface area (Å²) < 4.78 is 0. The van der Waals surface area contributed by atoms with Crippen LogP contribution in [0.3, 0.4) is 0 Å². The standard InChI is InChI=1S/C15H21N3O/c1-17-6-8-18(9-7-17)15(19)13-2-3-14-11-16-5-4-12(14)10-13/h2-3,10,16H,4-9,11H2,1H3. The summed E-state index contributed by atoms with van der Waals surface area (Å²) >= 11 is 0. The SMILES string of the molecule is CN1CCN(C(=O)c2ccc3c(c2)CCNC3)CC1. The van der Waals surface area contributed by atoms with Crippen LogP contribution in [0.25, 0.3) is 0 Å². The Kier molecular flexibility index (Phi) is 3.53. The first-order valence-corrected chi connectivity index (χ1v) is 7.04. The lowest BCUT2D eigenvalue weighted by Gasteiger charge is -2.32. The average molecular weight is 259 g/mol. The molecule has 2 aliphatic rings. The summed E-state index contributed by atoms with van der Waals surface area (Å²) in [6.45, 7) is 5.57. The third-order valence-corrected chi connectivity index (χ3v) is 4.13. The zero-order valence-electron chi connectivity index (χ0n) is 11.5. The van der Waals surface area contributed by atoms with E-state index in [1.807, 2.05) is 11.0 Å². The number of fused-ring (bicyclic) bond motifs is 1. The summed E-state index contributed by atoms with van der Waals surface area (Å²) in [7, 11) is 2.10. The molecule has 1 aromatic rings. The molecule has 1 saturated heterocycles. The van der Waals surface area contributed by atoms with E-state index in [1.165, 1.54) is 11.1 Å². The first kappa shape index (κ1) is 12.6. The Labute approximate surface area is 114 Å². The Hall–Kier alpha value is -1.39. The number of carbonyl (C=O) groups excluding carboxylic acids is 1. The van der Waals surface area contributed by atoms with E-state index in [2.05, 4.69) is 29.4 Å². The van der Waals surface area contributed by atoms with Crippen molar-refractivity contribution in [1.82, 2.24) is 15.1 Å². The van der Waals surface area contributed by atoms with E-state index < -0.39 is 0 Å². The number of rotatable bonds is 1. The van der Waals surface area contributed by atoms with Gasteiger partial charge in [-0.05, 0) is 43.3 Å². The normalized spacial score (nSPS) is 20.2. The van der Waals surface area contributed by atoms with E-state index in [9.17, 15) is 4.79 Å². The third-order valence-electron chi connectivity index (χ3n) is 4.13. The second-order valence-corrected chi connectivity index (χ2v) is 5.51. The van der Waals surface area contributed by atoms with Gasteiger partial charge in [-0.25, -0.2) is 0 Å². The number of nitrogens with one attached hydrogen (secondary N) is 1. The fraction of sp³-hybridized carbons (Fsp3) is 0.533. The molecule has 1 aromatic carbocycles. The molecule has 0 unspecified atom stereocenters. The third kappa shape index (κ3) is 2.65. The van der Waals surface area contributed by atoms with Gasteiger partial charge in [-0.15, -0.1) is 0 Å². The van der Waals surface area contributed by atoms with Crippen molar-refractivity contribution in [2.45, 2.75) is 13.0 Å². The Morgan fingerprint density at radius 2 is 1.95 bits per heavy atom. The monoisotopic (exact) mass is 259 g/mol. The van der Waals surface area contributed by atoms with E-state index >= 15 is 0 Å². The number of amides is 1. The van der Waals surface area contributed by atoms with Crippen LogP contribution in [-0.2, 0) is 13.0 Å². The molecule has 0 bridgehead atoms. The lowest BCUT2D eigenvalue weighted by molar-refractivity contribution is 0.0664. The molecule has 19 heavy (non-hydrogen) atoms. The van der Waals surface area contributed by atoms with E-state index in [0.717, 1.165) is 51.3 Å². The summed E-state index contributed by atoms with van der Waals surface area (Å²) in [5.41, 5.74) is 3.52. The van der Waals surface area contributed by atoms with Crippen LogP contribution in [-0.4, -0.2) is 55.5 Å². The molecular formula is C15H21N3O. The van der Waals surface area contributed by atoms with E-state index in [0.29, 0.717) is 0 Å². The fourth-order valence-corrected chi connectivity index (χ4v) is 2.80. The smallest absolute Gasteiger partial charge is 0.253 e. The van der Waals surface area contributed by atoms with Crippen molar-refractivity contribution in [3.8, 4) is 0 Å². The summed E-state index contributed by atoms with van der Waals surface area (Å²) in [6, 6.07) is 6.17. The first-order chi connectivity index (χ1) is 9.24. The highest BCUT2D eigenvalue weighted by molar-refractivity contribution is 5.94. The first-order valence-electron chi connectivity index (χ1n) is 7.04. The molecule has 4 heteroatoms. The van der Waals surface area contributed by atoms with Crippen molar-refractivity contribution in [3.05, 3.63) is 34.9 Å². The van der Waals surface area contributed by atoms with Gasteiger partial charge < -0.3 is 15.1 Å². The molecule has 0 spiro atoms. The second kappa shape index (κ2) is 5.31. The van der Waals surface area contributed by atoms with Gasteiger partial charge in [0.2, 0.25) is 0 Å². The van der Waals surface area contributed by atoms with Crippen LogP contribution in [0.4, 0.5) is 0 Å². The highest BCUT2D eigenvalue weighted by atomic mass is 16.2. The van der Waals surface area contributed by atoms with Gasteiger partial charge >= 0.3 is 0 Å². The fourth-order valence-electron chi connectivity index (χ4n) is 2.80. The topological polar surface area (TPSA) is 35.6 Å². The highest BCUT2D eigenvalue weighted by Crippen LogP contribution is 2.17. The number of hydrogen-bond acceptors (Lipinski definition) is 3. The van der Waals surface area contributed by atoms with Crippen molar-refractivity contribution in [3.63, 3.8) is 0 Å². The number of likely N-dealkylation sites (N-methyl/N-ethyl adjacent to an activating group) is 1. The van der Waals surface area contributed by atoms with Gasteiger partial charge in [-0.2, -0.15) is 0 Å². The molecule has 2 aliphatic heterocycles. The molecule has 0 atom stereocenters. The van der Waals surface area contributed by atoms with Gasteiger partial charge in [-0.3, -0.25) is 4.79 Å². The summed E-state index contributed by atoms with van der Waals surface area (Å²) in [6.07, 6.45) is 1.03. The number of carbonyl (C=O) groups is 1. The number of piperazine rings is 1. The van der Waals surface area contributed by atoms with E-state index in [-0.39, 0.29) is 5.91 Å². The molecule has 2 heterocycles. The zero-order chi connectivity index (χ0) is 13.2. The maximum Gasteiger partial charge on any atom is 0.253 e. The molecule has 3 rings (SSSR count). The maximum atomic E-state index is 12.5. The minimum atomic E-state index is 0.189. The predicted molar refractivity (Wildman–Crippen MR) is 75.3 cm³/mol. The molecule has 0 saturated carbocycles. The molecule has 102 valence electrons. The summed E-state index contributed by atoms with van der Waals surface area (Å²) in [4.78, 5) is 16.7. The van der Waals surface area contributed by atoms with Crippen LogP contribution in [0.15, 0.2) is 18.2 Å². The van der Waals surface area contributed by atoms with Gasteiger partial charge in [0.15, 0.2) is 0 Å². The molecular weight excluding hydrogens is 238 g/mol. The number of hydrogen-bond donors (Lipinski definition) is 1. The Bertz CT molecular complexity index is 478. The van der Waals surface area contributed by atoms with Crippen LogP contribution in [0.5, 0.6) is 0 Å². The van der Waals surface area contributed by atoms with Gasteiger partial charge in [0.05, 0.1) is 0 Å². The lowest BCUT2D eigenvalue weighted by Crippen LogP contribution is -2.47. The molecule has 0 radical (unpaired) electrons. The minimum absolute atomic E-state index is 0.189. The van der Waals surface area contributed by atoms with Crippen molar-refractivity contribution in [2.24, 2.45) is 0 Å². The van der Waals surface area contributed by atoms with Crippen LogP contribution < -0.4 is 5.32 Å². The van der Waals surface area contributed by atoms with Gasteiger partial charge in [0, 0.05) is 38.3 Å². The van der Waals surface area contributed by atoms with Crippen LogP contribution in [0.2, 0.25) is 0 Å². The minimum Gasteiger partial charge on any atom is -0.336 e. The van der Waals surface area contributed by atoms with Crippen molar-refractivity contribution in [1.29, 1.82) is 0 Å². The molecule has 1 amide bonds. The average Bonchev–Trinajstić information content (AvgIpc) is 2.47. The summed E-state index contributed by atoms with van der Waals surface area (Å²) in [5, 5.41) is 3.36. The Morgan fingerprint density at radius 1 is 1.16 bits per heavy atom. The van der Waals surface area contributed by atoms with E-state index in [1.54, 1.807) is 0 Å². The van der Waals surface area contributed by atoms with Crippen molar-refractivity contribution >= 4 is 5.91 Å². The number of nitrogens with zero attached hydrogens (tertiary/aromatic N) is 2. The Morgan fingerprint density at radius 3 is 2.74 bits per heavy atom. The highest BCUT2D eigenvalue weighted by Gasteiger charge is 2.21. The van der Waals surface area contributed by atoms with Gasteiger partial charge in [0.1, 0.15) is 0 Å². The van der Waals surface area contributed by atoms with Gasteiger partial charge in [-0.1, -0.05) is 6.07 Å². The summed E-state index contributed by atoms with van der Waals surface area (Å²) in [5.74, 6) is 0.189. The second-order valence-electron chi connectivity index (χ2n) is 5.51.